The summed E-state index contributed by atoms with van der Waals surface area (Å²) in [4.78, 5) is 36.7. The normalized spacial score (nSPS) is 47.0. The molecule has 0 aromatic heterocycles. The van der Waals surface area contributed by atoms with Crippen molar-refractivity contribution in [1.82, 2.24) is 0 Å². The van der Waals surface area contributed by atoms with Crippen LogP contribution in [-0.2, 0) is 28.6 Å². The molecule has 6 heteroatoms. The molecule has 0 radical (unpaired) electrons. The van der Waals surface area contributed by atoms with Crippen molar-refractivity contribution in [2.75, 3.05) is 20.8 Å². The number of carbonyl (C=O) groups is 3. The van der Waals surface area contributed by atoms with Crippen LogP contribution in [0.5, 0.6) is 0 Å². The smallest absolute Gasteiger partial charge is 0.330 e. The first-order valence-corrected chi connectivity index (χ1v) is 7.58. The van der Waals surface area contributed by atoms with E-state index in [0.717, 1.165) is 12.0 Å². The third-order valence-electron chi connectivity index (χ3n) is 6.27. The highest BCUT2D eigenvalue weighted by Gasteiger charge is 3.03. The Kier molecular flexibility index (Phi) is 2.45. The molecule has 22 heavy (non-hydrogen) atoms. The van der Waals surface area contributed by atoms with Gasteiger partial charge in [-0.1, -0.05) is 5.57 Å². The van der Waals surface area contributed by atoms with Gasteiger partial charge in [0, 0.05) is 17.9 Å². The molecular formula is C16H18O6. The van der Waals surface area contributed by atoms with Crippen LogP contribution in [0.1, 0.15) is 13.3 Å². The minimum absolute atomic E-state index is 0.0709. The fourth-order valence-corrected chi connectivity index (χ4v) is 5.88. The van der Waals surface area contributed by atoms with Crippen LogP contribution >= 0.6 is 0 Å². The average molecular weight is 306 g/mol. The van der Waals surface area contributed by atoms with Crippen molar-refractivity contribution in [2.45, 2.75) is 13.3 Å². The Labute approximate surface area is 127 Å². The number of allylic oxidation sites excluding steroid dienone is 1. The van der Waals surface area contributed by atoms with Gasteiger partial charge in [-0.05, 0) is 25.2 Å². The molecular weight excluding hydrogens is 288 g/mol. The molecule has 0 amide bonds. The van der Waals surface area contributed by atoms with Crippen molar-refractivity contribution in [3.05, 3.63) is 11.6 Å². The van der Waals surface area contributed by atoms with Crippen LogP contribution in [0.3, 0.4) is 0 Å². The summed E-state index contributed by atoms with van der Waals surface area (Å²) >= 11 is 0. The standard InChI is InChI=1S/C16H18O6/c1-4-22-10(17)5-7-11-8-6-9-12(7)16(9,14(19)21-3)15(8,11)13(18)20-2/h5,8-9,11-12H,4,6H2,1-3H3/t8-,9?,11+,12?,15-,16-/m1/s1. The molecule has 4 rings (SSSR count). The van der Waals surface area contributed by atoms with E-state index in [9.17, 15) is 14.4 Å². The second-order valence-corrected chi connectivity index (χ2v) is 6.52. The Bertz CT molecular complexity index is 595. The molecule has 0 N–H and O–H groups in total. The van der Waals surface area contributed by atoms with Crippen LogP contribution in [0.15, 0.2) is 11.6 Å². The summed E-state index contributed by atoms with van der Waals surface area (Å²) in [5.74, 6) is -1.05. The second-order valence-electron chi connectivity index (χ2n) is 6.52. The van der Waals surface area contributed by atoms with E-state index in [4.69, 9.17) is 14.2 Å². The predicted octanol–water partition coefficient (Wildman–Crippen LogP) is 0.704. The van der Waals surface area contributed by atoms with Gasteiger partial charge >= 0.3 is 17.9 Å². The van der Waals surface area contributed by atoms with Crippen LogP contribution in [0, 0.1) is 34.5 Å². The molecule has 6 nitrogen and oxygen atoms in total. The van der Waals surface area contributed by atoms with E-state index < -0.39 is 16.8 Å². The molecule has 0 spiro atoms. The maximum absolute atomic E-state index is 12.5. The highest BCUT2D eigenvalue weighted by molar-refractivity contribution is 6.01. The molecule has 0 aliphatic heterocycles. The minimum atomic E-state index is -0.803. The van der Waals surface area contributed by atoms with Crippen molar-refractivity contribution in [3.8, 4) is 0 Å². The molecule has 118 valence electrons. The summed E-state index contributed by atoms with van der Waals surface area (Å²) in [5, 5.41) is 0. The molecule has 2 unspecified atom stereocenters. The van der Waals surface area contributed by atoms with E-state index in [1.807, 2.05) is 0 Å². The Morgan fingerprint density at radius 1 is 1.09 bits per heavy atom. The summed E-state index contributed by atoms with van der Waals surface area (Å²) in [6.45, 7) is 2.04. The Balaban J connectivity index is 1.78. The molecule has 0 heterocycles. The van der Waals surface area contributed by atoms with Crippen molar-refractivity contribution in [3.63, 3.8) is 0 Å². The molecule has 0 saturated heterocycles. The fraction of sp³-hybridized carbons (Fsp3) is 0.688. The molecule has 0 aromatic carbocycles. The van der Waals surface area contributed by atoms with Gasteiger partial charge in [0.2, 0.25) is 0 Å². The summed E-state index contributed by atoms with van der Waals surface area (Å²) in [6.07, 6.45) is 2.32. The number of carbonyl (C=O) groups excluding carboxylic acids is 3. The van der Waals surface area contributed by atoms with Crippen LogP contribution in [0.2, 0.25) is 0 Å². The van der Waals surface area contributed by atoms with Crippen LogP contribution in [0.25, 0.3) is 0 Å². The first kappa shape index (κ1) is 13.8. The first-order valence-electron chi connectivity index (χ1n) is 7.58. The average Bonchev–Trinajstić information content (AvgIpc) is 3.33. The summed E-state index contributed by atoms with van der Waals surface area (Å²) in [5.41, 5.74) is -0.721. The maximum atomic E-state index is 12.5. The van der Waals surface area contributed by atoms with E-state index in [0.29, 0.717) is 6.61 Å². The van der Waals surface area contributed by atoms with Gasteiger partial charge in [0.1, 0.15) is 0 Å². The highest BCUT2D eigenvalue weighted by atomic mass is 16.5. The molecule has 4 aliphatic rings. The van der Waals surface area contributed by atoms with E-state index >= 15 is 0 Å². The van der Waals surface area contributed by atoms with Crippen molar-refractivity contribution in [1.29, 1.82) is 0 Å². The third kappa shape index (κ3) is 1.08. The zero-order valence-corrected chi connectivity index (χ0v) is 12.8. The van der Waals surface area contributed by atoms with Crippen LogP contribution < -0.4 is 0 Å². The van der Waals surface area contributed by atoms with Gasteiger partial charge in [0.25, 0.3) is 0 Å². The number of ether oxygens (including phenoxy) is 3. The summed E-state index contributed by atoms with van der Waals surface area (Å²) in [6, 6.07) is 0. The number of rotatable bonds is 4. The molecule has 6 atom stereocenters. The van der Waals surface area contributed by atoms with E-state index in [-0.39, 0.29) is 35.6 Å². The van der Waals surface area contributed by atoms with Crippen LogP contribution in [0.4, 0.5) is 0 Å². The van der Waals surface area contributed by atoms with Gasteiger partial charge in [0.15, 0.2) is 0 Å². The van der Waals surface area contributed by atoms with E-state index in [1.54, 1.807) is 6.92 Å². The summed E-state index contributed by atoms with van der Waals surface area (Å²) in [7, 11) is 2.69. The molecule has 0 aromatic rings. The number of esters is 3. The van der Waals surface area contributed by atoms with Gasteiger partial charge in [-0.3, -0.25) is 9.59 Å². The third-order valence-corrected chi connectivity index (χ3v) is 6.27. The second kappa shape index (κ2) is 3.91. The first-order chi connectivity index (χ1) is 10.5. The van der Waals surface area contributed by atoms with E-state index in [1.165, 1.54) is 20.3 Å². The van der Waals surface area contributed by atoms with E-state index in [2.05, 4.69) is 0 Å². The van der Waals surface area contributed by atoms with Crippen molar-refractivity contribution >= 4 is 17.9 Å². The lowest BCUT2D eigenvalue weighted by molar-refractivity contribution is -0.162. The largest absolute Gasteiger partial charge is 0.469 e. The van der Waals surface area contributed by atoms with Gasteiger partial charge < -0.3 is 14.2 Å². The Morgan fingerprint density at radius 3 is 2.00 bits per heavy atom. The van der Waals surface area contributed by atoms with Crippen LogP contribution in [-0.4, -0.2) is 38.7 Å². The zero-order chi connectivity index (χ0) is 15.9. The van der Waals surface area contributed by atoms with Gasteiger partial charge in [0.05, 0.1) is 31.7 Å². The van der Waals surface area contributed by atoms with Crippen molar-refractivity contribution < 1.29 is 28.6 Å². The van der Waals surface area contributed by atoms with Gasteiger partial charge in [-0.25, -0.2) is 4.79 Å². The topological polar surface area (TPSA) is 78.9 Å². The zero-order valence-electron chi connectivity index (χ0n) is 12.8. The number of hydrogen-bond donors (Lipinski definition) is 0. The quantitative estimate of drug-likeness (QED) is 0.432. The molecule has 4 saturated carbocycles. The Morgan fingerprint density at radius 2 is 1.59 bits per heavy atom. The monoisotopic (exact) mass is 306 g/mol. The molecule has 4 aliphatic carbocycles. The Hall–Kier alpha value is -1.85. The maximum Gasteiger partial charge on any atom is 0.330 e. The number of hydrogen-bond acceptors (Lipinski definition) is 6. The predicted molar refractivity (Wildman–Crippen MR) is 72.2 cm³/mol. The number of fused-ring (bicyclic) bond motifs is 2. The lowest BCUT2D eigenvalue weighted by Crippen LogP contribution is -2.36. The van der Waals surface area contributed by atoms with Crippen molar-refractivity contribution in [2.24, 2.45) is 34.5 Å². The fourth-order valence-electron chi connectivity index (χ4n) is 5.88. The highest BCUT2D eigenvalue weighted by Crippen LogP contribution is 2.98. The lowest BCUT2D eigenvalue weighted by atomic mass is 9.85. The SMILES string of the molecule is CCOC(=O)C=C1C2C3C[C@@H]4[C@H]1[C@]4(C(=O)OC)[C@]32C(=O)OC. The van der Waals surface area contributed by atoms with Gasteiger partial charge in [-0.15, -0.1) is 0 Å². The number of methoxy groups -OCH3 is 2. The molecule has 0 bridgehead atoms. The molecule has 4 fully saturated rings. The summed E-state index contributed by atoms with van der Waals surface area (Å²) < 4.78 is 15.0. The minimum Gasteiger partial charge on any atom is -0.469 e. The van der Waals surface area contributed by atoms with Gasteiger partial charge in [-0.2, -0.15) is 0 Å². The lowest BCUT2D eigenvalue weighted by Gasteiger charge is -2.20.